The predicted octanol–water partition coefficient (Wildman–Crippen LogP) is 2.10. The van der Waals surface area contributed by atoms with E-state index < -0.39 is 17.8 Å². The average molecular weight is 288 g/mol. The van der Waals surface area contributed by atoms with E-state index in [1.54, 1.807) is 11.1 Å². The highest BCUT2D eigenvalue weighted by Crippen LogP contribution is 2.28. The molecule has 0 radical (unpaired) electrons. The number of allylic oxidation sites excluding steroid dienone is 2. The summed E-state index contributed by atoms with van der Waals surface area (Å²) in [7, 11) is 0. The molecular weight excluding hydrogens is 268 g/mol. The molecule has 0 saturated heterocycles. The minimum absolute atomic E-state index is 0.0973. The summed E-state index contributed by atoms with van der Waals surface area (Å²) in [5.41, 5.74) is 0.811. The number of aromatic nitrogens is 1. The van der Waals surface area contributed by atoms with E-state index in [1.807, 2.05) is 37.3 Å². The molecule has 2 rings (SSSR count). The third kappa shape index (κ3) is 3.68. The van der Waals surface area contributed by atoms with Gasteiger partial charge in [0.1, 0.15) is 0 Å². The van der Waals surface area contributed by atoms with Crippen LogP contribution in [-0.2, 0) is 16.1 Å². The number of carboxylic acid groups (broad SMARTS) is 1. The number of hydrogen-bond acceptors (Lipinski definition) is 3. The highest BCUT2D eigenvalue weighted by molar-refractivity contribution is 5.85. The molecular formula is C16H20N2O3. The Balaban J connectivity index is 2.12. The molecule has 1 aromatic heterocycles. The molecule has 112 valence electrons. The maximum Gasteiger partial charge on any atom is 0.307 e. The Morgan fingerprint density at radius 1 is 1.29 bits per heavy atom. The van der Waals surface area contributed by atoms with Crippen LogP contribution in [0.25, 0.3) is 0 Å². The van der Waals surface area contributed by atoms with Gasteiger partial charge in [-0.1, -0.05) is 18.2 Å². The van der Waals surface area contributed by atoms with E-state index in [2.05, 4.69) is 4.98 Å². The molecule has 0 spiro atoms. The fourth-order valence-corrected chi connectivity index (χ4v) is 2.63. The molecule has 0 aliphatic heterocycles. The summed E-state index contributed by atoms with van der Waals surface area (Å²) in [5.74, 6) is -2.09. The second-order valence-electron chi connectivity index (χ2n) is 5.17. The second-order valence-corrected chi connectivity index (χ2v) is 5.17. The monoisotopic (exact) mass is 288 g/mol. The lowest BCUT2D eigenvalue weighted by atomic mass is 9.82. The van der Waals surface area contributed by atoms with Crippen molar-refractivity contribution in [2.75, 3.05) is 6.54 Å². The molecule has 2 atom stereocenters. The quantitative estimate of drug-likeness (QED) is 0.842. The number of hydrogen-bond donors (Lipinski definition) is 1. The van der Waals surface area contributed by atoms with Gasteiger partial charge >= 0.3 is 5.97 Å². The number of carbonyl (C=O) groups is 2. The normalized spacial score (nSPS) is 21.0. The van der Waals surface area contributed by atoms with Gasteiger partial charge in [0.15, 0.2) is 0 Å². The first-order valence-corrected chi connectivity index (χ1v) is 7.20. The van der Waals surface area contributed by atoms with Gasteiger partial charge in [-0.2, -0.15) is 0 Å². The van der Waals surface area contributed by atoms with Crippen LogP contribution < -0.4 is 0 Å². The van der Waals surface area contributed by atoms with Gasteiger partial charge in [-0.25, -0.2) is 0 Å². The van der Waals surface area contributed by atoms with Crippen LogP contribution in [0.2, 0.25) is 0 Å². The SMILES string of the molecule is CCN(Cc1ccccn1)C(=O)C1CC=CCC1C(=O)O. The molecule has 1 aliphatic carbocycles. The topological polar surface area (TPSA) is 70.5 Å². The Morgan fingerprint density at radius 3 is 2.57 bits per heavy atom. The lowest BCUT2D eigenvalue weighted by molar-refractivity contribution is -0.150. The first kappa shape index (κ1) is 15.2. The van der Waals surface area contributed by atoms with Crippen molar-refractivity contribution in [3.8, 4) is 0 Å². The average Bonchev–Trinajstić information content (AvgIpc) is 2.53. The number of aliphatic carboxylic acids is 1. The predicted molar refractivity (Wildman–Crippen MR) is 78.3 cm³/mol. The third-order valence-corrected chi connectivity index (χ3v) is 3.84. The first-order valence-electron chi connectivity index (χ1n) is 7.20. The second kappa shape index (κ2) is 7.02. The highest BCUT2D eigenvalue weighted by Gasteiger charge is 2.36. The van der Waals surface area contributed by atoms with Crippen LogP contribution in [0.4, 0.5) is 0 Å². The van der Waals surface area contributed by atoms with Crippen LogP contribution in [0.5, 0.6) is 0 Å². The molecule has 0 bridgehead atoms. The number of nitrogens with zero attached hydrogens (tertiary/aromatic N) is 2. The Morgan fingerprint density at radius 2 is 2.00 bits per heavy atom. The number of carboxylic acids is 1. The van der Waals surface area contributed by atoms with Gasteiger partial charge in [0.25, 0.3) is 0 Å². The summed E-state index contributed by atoms with van der Waals surface area (Å²) in [6.45, 7) is 2.86. The van der Waals surface area contributed by atoms with Crippen molar-refractivity contribution < 1.29 is 14.7 Å². The van der Waals surface area contributed by atoms with Crippen LogP contribution in [0.1, 0.15) is 25.5 Å². The molecule has 5 heteroatoms. The first-order chi connectivity index (χ1) is 10.1. The fraction of sp³-hybridized carbons (Fsp3) is 0.438. The van der Waals surface area contributed by atoms with Gasteiger partial charge in [-0.15, -0.1) is 0 Å². The minimum atomic E-state index is -0.897. The molecule has 1 heterocycles. The molecule has 21 heavy (non-hydrogen) atoms. The zero-order chi connectivity index (χ0) is 15.2. The number of pyridine rings is 1. The van der Waals surface area contributed by atoms with Crippen molar-refractivity contribution in [2.24, 2.45) is 11.8 Å². The van der Waals surface area contributed by atoms with Crippen LogP contribution >= 0.6 is 0 Å². The van der Waals surface area contributed by atoms with Crippen molar-refractivity contribution in [1.82, 2.24) is 9.88 Å². The van der Waals surface area contributed by atoms with Crippen molar-refractivity contribution >= 4 is 11.9 Å². The van der Waals surface area contributed by atoms with E-state index >= 15 is 0 Å². The van der Waals surface area contributed by atoms with Gasteiger partial charge in [-0.05, 0) is 31.9 Å². The lowest BCUT2D eigenvalue weighted by Crippen LogP contribution is -2.41. The number of rotatable bonds is 5. The molecule has 1 aromatic rings. The van der Waals surface area contributed by atoms with E-state index in [4.69, 9.17) is 0 Å². The lowest BCUT2D eigenvalue weighted by Gasteiger charge is -2.30. The molecule has 1 amide bonds. The van der Waals surface area contributed by atoms with Crippen LogP contribution in [0, 0.1) is 11.8 Å². The standard InChI is InChI=1S/C16H20N2O3/c1-2-18(11-12-7-5-6-10-17-12)15(19)13-8-3-4-9-14(13)16(20)21/h3-7,10,13-14H,2,8-9,11H2,1H3,(H,20,21). The summed E-state index contributed by atoms with van der Waals surface area (Å²) < 4.78 is 0. The van der Waals surface area contributed by atoms with E-state index in [0.717, 1.165) is 5.69 Å². The Labute approximate surface area is 124 Å². The summed E-state index contributed by atoms with van der Waals surface area (Å²) in [5, 5.41) is 9.28. The Bertz CT molecular complexity index is 528. The van der Waals surface area contributed by atoms with E-state index in [-0.39, 0.29) is 5.91 Å². The van der Waals surface area contributed by atoms with E-state index in [1.165, 1.54) is 0 Å². The number of amides is 1. The van der Waals surface area contributed by atoms with E-state index in [0.29, 0.717) is 25.9 Å². The molecule has 0 saturated carbocycles. The maximum absolute atomic E-state index is 12.6. The van der Waals surface area contributed by atoms with Crippen LogP contribution in [-0.4, -0.2) is 33.4 Å². The fourth-order valence-electron chi connectivity index (χ4n) is 2.63. The van der Waals surface area contributed by atoms with Gasteiger partial charge in [0.2, 0.25) is 5.91 Å². The Hall–Kier alpha value is -2.17. The van der Waals surface area contributed by atoms with Gasteiger partial charge in [0.05, 0.1) is 24.1 Å². The summed E-state index contributed by atoms with van der Waals surface area (Å²) >= 11 is 0. The van der Waals surface area contributed by atoms with Crippen LogP contribution in [0.15, 0.2) is 36.5 Å². The molecule has 1 aliphatic rings. The Kier molecular flexibility index (Phi) is 5.09. The summed E-state index contributed by atoms with van der Waals surface area (Å²) in [6.07, 6.45) is 6.35. The van der Waals surface area contributed by atoms with Gasteiger partial charge < -0.3 is 10.0 Å². The minimum Gasteiger partial charge on any atom is -0.481 e. The largest absolute Gasteiger partial charge is 0.481 e. The molecule has 1 N–H and O–H groups in total. The zero-order valence-electron chi connectivity index (χ0n) is 12.1. The summed E-state index contributed by atoms with van der Waals surface area (Å²) in [4.78, 5) is 29.9. The molecule has 0 aromatic carbocycles. The van der Waals surface area contributed by atoms with Crippen molar-refractivity contribution in [3.05, 3.63) is 42.2 Å². The third-order valence-electron chi connectivity index (χ3n) is 3.84. The molecule has 5 nitrogen and oxygen atoms in total. The zero-order valence-corrected chi connectivity index (χ0v) is 12.1. The van der Waals surface area contributed by atoms with Crippen LogP contribution in [0.3, 0.4) is 0 Å². The van der Waals surface area contributed by atoms with E-state index in [9.17, 15) is 14.7 Å². The smallest absolute Gasteiger partial charge is 0.307 e. The van der Waals surface area contributed by atoms with Gasteiger partial charge in [0, 0.05) is 12.7 Å². The maximum atomic E-state index is 12.6. The van der Waals surface area contributed by atoms with Crippen molar-refractivity contribution in [1.29, 1.82) is 0 Å². The number of carbonyl (C=O) groups excluding carboxylic acids is 1. The summed E-state index contributed by atoms with van der Waals surface area (Å²) in [6, 6.07) is 5.57. The molecule has 2 unspecified atom stereocenters. The van der Waals surface area contributed by atoms with Gasteiger partial charge in [-0.3, -0.25) is 14.6 Å². The van der Waals surface area contributed by atoms with Crippen molar-refractivity contribution in [2.45, 2.75) is 26.3 Å². The van der Waals surface area contributed by atoms with Crippen molar-refractivity contribution in [3.63, 3.8) is 0 Å². The molecule has 0 fully saturated rings. The highest BCUT2D eigenvalue weighted by atomic mass is 16.4.